The van der Waals surface area contributed by atoms with Crippen molar-refractivity contribution < 1.29 is 34.3 Å². The van der Waals surface area contributed by atoms with Crippen LogP contribution in [0.25, 0.3) is 0 Å². The highest BCUT2D eigenvalue weighted by molar-refractivity contribution is 5.77. The molecule has 3 unspecified atom stereocenters. The van der Waals surface area contributed by atoms with E-state index in [2.05, 4.69) is 0 Å². The molecule has 8 heteroatoms. The van der Waals surface area contributed by atoms with Crippen molar-refractivity contribution in [3.8, 4) is 0 Å². The Kier molecular flexibility index (Phi) is 4.56. The van der Waals surface area contributed by atoms with Gasteiger partial charge in [0.05, 0.1) is 6.61 Å². The van der Waals surface area contributed by atoms with Gasteiger partial charge in [-0.2, -0.15) is 0 Å². The predicted octanol–water partition coefficient (Wildman–Crippen LogP) is -3.13. The van der Waals surface area contributed by atoms with Crippen molar-refractivity contribution >= 4 is 5.91 Å². The molecule has 7 nitrogen and oxygen atoms in total. The summed E-state index contributed by atoms with van der Waals surface area (Å²) in [5.74, 6) is -1.04. The number of rotatable bonds is 3. The van der Waals surface area contributed by atoms with Crippen molar-refractivity contribution in [1.29, 1.82) is 0 Å². The van der Waals surface area contributed by atoms with E-state index in [1.807, 2.05) is 5.32 Å². The van der Waals surface area contributed by atoms with Crippen LogP contribution in [0.1, 0.15) is 0 Å². The summed E-state index contributed by atoms with van der Waals surface area (Å²) in [6, 6.07) is -1.33. The first-order valence-corrected chi connectivity index (χ1v) is 4.67. The number of nitrogens with one attached hydrogen (secondary N) is 1. The van der Waals surface area contributed by atoms with Crippen LogP contribution in [0.15, 0.2) is 0 Å². The molecule has 5 N–H and O–H groups in total. The maximum atomic E-state index is 11.9. The molecule has 5 atom stereocenters. The molecule has 0 radical (unpaired) electrons. The van der Waals surface area contributed by atoms with Gasteiger partial charge in [0.2, 0.25) is 0 Å². The Hall–Kier alpha value is -0.800. The summed E-state index contributed by atoms with van der Waals surface area (Å²) in [4.78, 5) is 10.7. The average molecular weight is 239 g/mol. The molecule has 0 spiro atoms. The summed E-state index contributed by atoms with van der Waals surface area (Å²) in [5, 5.41) is 39.0. The summed E-state index contributed by atoms with van der Waals surface area (Å²) in [5.41, 5.74) is 0. The van der Waals surface area contributed by atoms with Crippen molar-refractivity contribution in [3.63, 3.8) is 0 Å². The molecular weight excluding hydrogens is 225 g/mol. The average Bonchev–Trinajstić information content (AvgIpc) is 2.28. The fourth-order valence-corrected chi connectivity index (χ4v) is 1.48. The monoisotopic (exact) mass is 239 g/mol. The van der Waals surface area contributed by atoms with E-state index >= 15 is 0 Å². The number of hydrogen-bond acceptors (Lipinski definition) is 6. The molecular formula is C8H14FNO6. The molecule has 94 valence electrons. The van der Waals surface area contributed by atoms with Gasteiger partial charge in [-0.15, -0.1) is 0 Å². The van der Waals surface area contributed by atoms with Gasteiger partial charge in [-0.25, -0.2) is 4.39 Å². The lowest BCUT2D eigenvalue weighted by molar-refractivity contribution is -0.253. The Bertz CT molecular complexity index is 253. The fraction of sp³-hybridized carbons (Fsp3) is 0.875. The number of carbonyl (C=O) groups excluding carboxylic acids is 1. The molecule has 1 heterocycles. The molecule has 1 saturated heterocycles. The van der Waals surface area contributed by atoms with Gasteiger partial charge < -0.3 is 30.5 Å². The molecule has 1 aliphatic heterocycles. The van der Waals surface area contributed by atoms with Crippen LogP contribution < -0.4 is 5.32 Å². The van der Waals surface area contributed by atoms with E-state index in [1.165, 1.54) is 0 Å². The number of carbonyl (C=O) groups is 1. The van der Waals surface area contributed by atoms with E-state index in [-0.39, 0.29) is 0 Å². The second-order valence-corrected chi connectivity index (χ2v) is 3.46. The van der Waals surface area contributed by atoms with Gasteiger partial charge in [0.15, 0.2) is 13.0 Å². The van der Waals surface area contributed by atoms with Crippen LogP contribution in [0.5, 0.6) is 0 Å². The topological polar surface area (TPSA) is 119 Å². The lowest BCUT2D eigenvalue weighted by Gasteiger charge is -2.40. The van der Waals surface area contributed by atoms with E-state index in [4.69, 9.17) is 9.84 Å². The SMILES string of the molecule is O=C(CF)N[C@@H]1C(O)OC(CO)[C@@H](O)C1O. The summed E-state index contributed by atoms with van der Waals surface area (Å²) >= 11 is 0. The first-order valence-electron chi connectivity index (χ1n) is 4.67. The third-order valence-corrected chi connectivity index (χ3v) is 2.35. The molecule has 1 rings (SSSR count). The summed E-state index contributed by atoms with van der Waals surface area (Å²) in [6.07, 6.45) is -5.79. The van der Waals surface area contributed by atoms with Crippen LogP contribution in [0, 0.1) is 0 Å². The first-order chi connectivity index (χ1) is 7.51. The number of halogens is 1. The summed E-state index contributed by atoms with van der Waals surface area (Å²) in [7, 11) is 0. The van der Waals surface area contributed by atoms with Crippen molar-refractivity contribution in [1.82, 2.24) is 5.32 Å². The Morgan fingerprint density at radius 2 is 1.94 bits per heavy atom. The van der Waals surface area contributed by atoms with Gasteiger partial charge in [-0.1, -0.05) is 0 Å². The molecule has 1 fully saturated rings. The standard InChI is InChI=1S/C8H14FNO6/c9-1-4(12)10-5-7(14)6(13)3(2-11)16-8(5)15/h3,5-8,11,13-15H,1-2H2,(H,10,12)/t3?,5-,6+,7?,8?/m0/s1. The minimum atomic E-state index is -1.62. The number of hydrogen-bond donors (Lipinski definition) is 5. The normalized spacial score (nSPS) is 39.4. The smallest absolute Gasteiger partial charge is 0.251 e. The first kappa shape index (κ1) is 13.3. The minimum absolute atomic E-state index is 0.598. The number of amides is 1. The molecule has 0 aliphatic carbocycles. The molecule has 0 saturated carbocycles. The molecule has 0 aromatic heterocycles. The number of ether oxygens (including phenoxy) is 1. The highest BCUT2D eigenvalue weighted by Gasteiger charge is 2.44. The zero-order valence-corrected chi connectivity index (χ0v) is 8.28. The second kappa shape index (κ2) is 5.51. The molecule has 1 amide bonds. The zero-order valence-electron chi connectivity index (χ0n) is 8.28. The van der Waals surface area contributed by atoms with Crippen LogP contribution in [-0.2, 0) is 9.53 Å². The lowest BCUT2D eigenvalue weighted by atomic mass is 9.97. The third kappa shape index (κ3) is 2.66. The maximum absolute atomic E-state index is 11.9. The second-order valence-electron chi connectivity index (χ2n) is 3.46. The van der Waals surface area contributed by atoms with Crippen molar-refractivity contribution in [2.75, 3.05) is 13.3 Å². The summed E-state index contributed by atoms with van der Waals surface area (Å²) in [6.45, 7) is -1.91. The van der Waals surface area contributed by atoms with Gasteiger partial charge in [-0.3, -0.25) is 4.79 Å². The quantitative estimate of drug-likeness (QED) is 0.355. The van der Waals surface area contributed by atoms with E-state index in [0.29, 0.717) is 0 Å². The van der Waals surface area contributed by atoms with Crippen LogP contribution in [-0.4, -0.2) is 70.3 Å². The fourth-order valence-electron chi connectivity index (χ4n) is 1.48. The van der Waals surface area contributed by atoms with E-state index in [9.17, 15) is 24.5 Å². The van der Waals surface area contributed by atoms with Crippen molar-refractivity contribution in [3.05, 3.63) is 0 Å². The Morgan fingerprint density at radius 3 is 2.44 bits per heavy atom. The molecule has 0 aromatic rings. The molecule has 1 aliphatic rings. The zero-order chi connectivity index (χ0) is 12.3. The van der Waals surface area contributed by atoms with E-state index in [1.54, 1.807) is 0 Å². The maximum Gasteiger partial charge on any atom is 0.251 e. The van der Waals surface area contributed by atoms with Gasteiger partial charge in [0.25, 0.3) is 5.91 Å². The van der Waals surface area contributed by atoms with Gasteiger partial charge in [0.1, 0.15) is 24.4 Å². The molecule has 16 heavy (non-hydrogen) atoms. The van der Waals surface area contributed by atoms with Gasteiger partial charge in [0, 0.05) is 0 Å². The van der Waals surface area contributed by atoms with Gasteiger partial charge >= 0.3 is 0 Å². The van der Waals surface area contributed by atoms with E-state index in [0.717, 1.165) is 0 Å². The van der Waals surface area contributed by atoms with Crippen LogP contribution in [0.4, 0.5) is 4.39 Å². The van der Waals surface area contributed by atoms with E-state index < -0.39 is 49.8 Å². The Labute approximate surface area is 90.5 Å². The summed E-state index contributed by atoms with van der Waals surface area (Å²) < 4.78 is 16.7. The Morgan fingerprint density at radius 1 is 1.31 bits per heavy atom. The highest BCUT2D eigenvalue weighted by atomic mass is 19.1. The van der Waals surface area contributed by atoms with Crippen molar-refractivity contribution in [2.24, 2.45) is 0 Å². The van der Waals surface area contributed by atoms with Crippen molar-refractivity contribution in [2.45, 2.75) is 30.6 Å². The Balaban J connectivity index is 2.67. The third-order valence-electron chi connectivity index (χ3n) is 2.35. The van der Waals surface area contributed by atoms with Crippen LogP contribution in [0.2, 0.25) is 0 Å². The largest absolute Gasteiger partial charge is 0.394 e. The highest BCUT2D eigenvalue weighted by Crippen LogP contribution is 2.19. The van der Waals surface area contributed by atoms with Crippen LogP contribution >= 0.6 is 0 Å². The lowest BCUT2D eigenvalue weighted by Crippen LogP contribution is -2.64. The predicted molar refractivity (Wildman–Crippen MR) is 47.9 cm³/mol. The number of aliphatic hydroxyl groups excluding tert-OH is 4. The van der Waals surface area contributed by atoms with Crippen LogP contribution in [0.3, 0.4) is 0 Å². The minimum Gasteiger partial charge on any atom is -0.394 e. The van der Waals surface area contributed by atoms with Gasteiger partial charge in [-0.05, 0) is 0 Å². The molecule has 0 bridgehead atoms. The number of alkyl halides is 1. The molecule has 0 aromatic carbocycles. The number of aliphatic hydroxyl groups is 4.